The van der Waals surface area contributed by atoms with Gasteiger partial charge in [0.15, 0.2) is 5.75 Å². The zero-order valence-corrected chi connectivity index (χ0v) is 18.7. The molecule has 0 radical (unpaired) electrons. The van der Waals surface area contributed by atoms with Crippen molar-refractivity contribution in [1.82, 2.24) is 19.8 Å². The number of amides is 2. The molecular formula is C24H24N4O5. The smallest absolute Gasteiger partial charge is 0.256 e. The van der Waals surface area contributed by atoms with Crippen molar-refractivity contribution in [2.45, 2.75) is 32.9 Å². The van der Waals surface area contributed by atoms with Crippen LogP contribution in [0, 0.1) is 13.8 Å². The molecule has 9 nitrogen and oxygen atoms in total. The van der Waals surface area contributed by atoms with E-state index in [0.717, 1.165) is 5.56 Å². The van der Waals surface area contributed by atoms with E-state index in [-0.39, 0.29) is 17.9 Å². The van der Waals surface area contributed by atoms with Gasteiger partial charge in [-0.1, -0.05) is 0 Å². The first-order chi connectivity index (χ1) is 15.8. The number of likely N-dealkylation sites (tertiary alicyclic amines) is 1. The van der Waals surface area contributed by atoms with Gasteiger partial charge >= 0.3 is 0 Å². The van der Waals surface area contributed by atoms with Crippen molar-refractivity contribution >= 4 is 28.3 Å². The Kier molecular flexibility index (Phi) is 4.86. The second-order valence-electron chi connectivity index (χ2n) is 8.29. The number of nitrogens with one attached hydrogen (secondary N) is 1. The molecule has 0 saturated carbocycles. The summed E-state index contributed by atoms with van der Waals surface area (Å²) in [5.41, 5.74) is 2.98. The average molecular weight is 448 g/mol. The molecule has 170 valence electrons. The van der Waals surface area contributed by atoms with Crippen molar-refractivity contribution < 1.29 is 23.8 Å². The van der Waals surface area contributed by atoms with Gasteiger partial charge in [0.05, 0.1) is 29.5 Å². The SMILES string of the molecule is CNC(=O)c1c(C)oc2cc(Oc3ccnn4cc(C(=O)N5C[C@@H](O)[C@@H]5C)c(C)c34)ccc12. The Morgan fingerprint density at radius 3 is 2.76 bits per heavy atom. The topological polar surface area (TPSA) is 109 Å². The molecule has 33 heavy (non-hydrogen) atoms. The van der Waals surface area contributed by atoms with Gasteiger partial charge in [-0.15, -0.1) is 0 Å². The zero-order valence-electron chi connectivity index (χ0n) is 18.7. The van der Waals surface area contributed by atoms with Crippen LogP contribution < -0.4 is 10.1 Å². The molecule has 2 atom stereocenters. The predicted molar refractivity (Wildman–Crippen MR) is 121 cm³/mol. The number of benzene rings is 1. The van der Waals surface area contributed by atoms with Crippen LogP contribution >= 0.6 is 0 Å². The molecule has 1 fully saturated rings. The molecule has 0 unspecified atom stereocenters. The number of hydrogen-bond donors (Lipinski definition) is 2. The fourth-order valence-electron chi connectivity index (χ4n) is 4.33. The van der Waals surface area contributed by atoms with Crippen molar-refractivity contribution in [1.29, 1.82) is 0 Å². The maximum Gasteiger partial charge on any atom is 0.256 e. The summed E-state index contributed by atoms with van der Waals surface area (Å²) in [4.78, 5) is 26.8. The van der Waals surface area contributed by atoms with E-state index in [1.54, 1.807) is 60.0 Å². The highest BCUT2D eigenvalue weighted by Gasteiger charge is 2.38. The molecule has 5 rings (SSSR count). The van der Waals surface area contributed by atoms with Crippen molar-refractivity contribution in [2.24, 2.45) is 0 Å². The Hall–Kier alpha value is -3.85. The quantitative estimate of drug-likeness (QED) is 0.497. The second kappa shape index (κ2) is 7.63. The van der Waals surface area contributed by atoms with E-state index in [2.05, 4.69) is 10.4 Å². The van der Waals surface area contributed by atoms with E-state index >= 15 is 0 Å². The van der Waals surface area contributed by atoms with E-state index in [9.17, 15) is 14.7 Å². The van der Waals surface area contributed by atoms with E-state index < -0.39 is 6.10 Å². The van der Waals surface area contributed by atoms with Crippen LogP contribution in [0.2, 0.25) is 0 Å². The maximum absolute atomic E-state index is 13.0. The number of carbonyl (C=O) groups excluding carboxylic acids is 2. The summed E-state index contributed by atoms with van der Waals surface area (Å²) in [5.74, 6) is 1.24. The summed E-state index contributed by atoms with van der Waals surface area (Å²) in [5, 5.41) is 17.4. The van der Waals surface area contributed by atoms with Crippen LogP contribution in [0.15, 0.2) is 41.1 Å². The first-order valence-corrected chi connectivity index (χ1v) is 10.7. The summed E-state index contributed by atoms with van der Waals surface area (Å²) in [6.45, 7) is 5.75. The number of aliphatic hydroxyl groups excluding tert-OH is 1. The normalized spacial score (nSPS) is 17.9. The number of fused-ring (bicyclic) bond motifs is 2. The van der Waals surface area contributed by atoms with Gasteiger partial charge in [0.1, 0.15) is 22.6 Å². The minimum absolute atomic E-state index is 0.143. The number of aliphatic hydroxyl groups is 1. The van der Waals surface area contributed by atoms with Crippen LogP contribution in [-0.4, -0.2) is 57.2 Å². The Morgan fingerprint density at radius 2 is 2.06 bits per heavy atom. The van der Waals surface area contributed by atoms with Gasteiger partial charge in [0.2, 0.25) is 0 Å². The third-order valence-corrected chi connectivity index (χ3v) is 6.33. The summed E-state index contributed by atoms with van der Waals surface area (Å²) < 4.78 is 13.6. The second-order valence-corrected chi connectivity index (χ2v) is 8.29. The van der Waals surface area contributed by atoms with Gasteiger partial charge in [-0.05, 0) is 38.5 Å². The van der Waals surface area contributed by atoms with E-state index in [4.69, 9.17) is 9.15 Å². The first kappa shape index (κ1) is 21.0. The summed E-state index contributed by atoms with van der Waals surface area (Å²) in [6, 6.07) is 6.82. The molecule has 1 aliphatic heterocycles. The van der Waals surface area contributed by atoms with Gasteiger partial charge in [-0.2, -0.15) is 5.10 Å². The predicted octanol–water partition coefficient (Wildman–Crippen LogP) is 3.05. The number of carbonyl (C=O) groups is 2. The zero-order chi connectivity index (χ0) is 23.4. The number of aryl methyl sites for hydroxylation is 2. The Morgan fingerprint density at radius 1 is 1.27 bits per heavy atom. The molecule has 1 aromatic carbocycles. The van der Waals surface area contributed by atoms with Crippen molar-refractivity contribution in [3.63, 3.8) is 0 Å². The number of β-amino-alcohol motifs (C(OH)–C–C–N with tert-alkyl or cyclic N) is 1. The van der Waals surface area contributed by atoms with Crippen LogP contribution in [0.4, 0.5) is 0 Å². The Bertz CT molecular complexity index is 1420. The number of hydrogen-bond acceptors (Lipinski definition) is 6. The molecular weight excluding hydrogens is 424 g/mol. The largest absolute Gasteiger partial charge is 0.460 e. The fraction of sp³-hybridized carbons (Fsp3) is 0.292. The van der Waals surface area contributed by atoms with E-state index in [0.29, 0.717) is 51.4 Å². The molecule has 1 saturated heterocycles. The monoisotopic (exact) mass is 448 g/mol. The number of ether oxygens (including phenoxy) is 1. The van der Waals surface area contributed by atoms with Gasteiger partial charge in [0, 0.05) is 37.3 Å². The Balaban J connectivity index is 1.51. The minimum Gasteiger partial charge on any atom is -0.460 e. The van der Waals surface area contributed by atoms with Crippen molar-refractivity contribution in [2.75, 3.05) is 13.6 Å². The van der Waals surface area contributed by atoms with Crippen molar-refractivity contribution in [3.8, 4) is 11.5 Å². The van der Waals surface area contributed by atoms with Crippen LogP contribution in [0.1, 0.15) is 39.0 Å². The molecule has 1 aliphatic rings. The standard InChI is InChI=1S/C24H24N4O5/c1-12-17(24(31)27-11-18(29)13(27)2)10-28-22(12)19(7-8-26-28)33-15-5-6-16-20(9-15)32-14(3)21(16)23(30)25-4/h5-10,13,18,29H,11H2,1-4H3,(H,25,30)/t13-,18+/m0/s1. The summed E-state index contributed by atoms with van der Waals surface area (Å²) in [7, 11) is 1.58. The fourth-order valence-corrected chi connectivity index (χ4v) is 4.33. The third kappa shape index (κ3) is 3.23. The van der Waals surface area contributed by atoms with Gasteiger partial charge in [-0.25, -0.2) is 4.52 Å². The average Bonchev–Trinajstić information content (AvgIpc) is 3.32. The molecule has 4 heterocycles. The lowest BCUT2D eigenvalue weighted by Crippen LogP contribution is -2.60. The van der Waals surface area contributed by atoms with Crippen LogP contribution in [0.25, 0.3) is 16.5 Å². The number of aromatic nitrogens is 2. The van der Waals surface area contributed by atoms with Crippen LogP contribution in [0.3, 0.4) is 0 Å². The molecule has 0 aliphatic carbocycles. The lowest BCUT2D eigenvalue weighted by atomic mass is 9.99. The number of furan rings is 1. The maximum atomic E-state index is 13.0. The van der Waals surface area contributed by atoms with Gasteiger partial charge in [0.25, 0.3) is 11.8 Å². The minimum atomic E-state index is -0.493. The Labute approximate surface area is 189 Å². The lowest BCUT2D eigenvalue weighted by molar-refractivity contribution is -0.0357. The van der Waals surface area contributed by atoms with Crippen LogP contribution in [-0.2, 0) is 0 Å². The molecule has 0 spiro atoms. The van der Waals surface area contributed by atoms with E-state index in [1.807, 2.05) is 13.8 Å². The van der Waals surface area contributed by atoms with E-state index in [1.165, 1.54) is 0 Å². The molecule has 4 aromatic rings. The molecule has 3 aromatic heterocycles. The summed E-state index contributed by atoms with van der Waals surface area (Å²) in [6.07, 6.45) is 2.80. The molecule has 0 bridgehead atoms. The summed E-state index contributed by atoms with van der Waals surface area (Å²) >= 11 is 0. The van der Waals surface area contributed by atoms with Crippen LogP contribution in [0.5, 0.6) is 11.5 Å². The third-order valence-electron chi connectivity index (χ3n) is 6.33. The highest BCUT2D eigenvalue weighted by molar-refractivity contribution is 6.07. The van der Waals surface area contributed by atoms with Gasteiger partial charge < -0.3 is 24.5 Å². The number of rotatable bonds is 4. The van der Waals surface area contributed by atoms with Crippen molar-refractivity contribution in [3.05, 3.63) is 59.1 Å². The molecule has 9 heteroatoms. The highest BCUT2D eigenvalue weighted by Crippen LogP contribution is 2.34. The number of nitrogens with zero attached hydrogens (tertiary/aromatic N) is 3. The molecule has 2 amide bonds. The lowest BCUT2D eigenvalue weighted by Gasteiger charge is -2.43. The first-order valence-electron chi connectivity index (χ1n) is 10.7. The highest BCUT2D eigenvalue weighted by atomic mass is 16.5. The molecule has 2 N–H and O–H groups in total. The van der Waals surface area contributed by atoms with Gasteiger partial charge in [-0.3, -0.25) is 9.59 Å².